The summed E-state index contributed by atoms with van der Waals surface area (Å²) in [5, 5.41) is 3.62. The molecule has 0 spiro atoms. The molecule has 0 fully saturated rings. The predicted octanol–water partition coefficient (Wildman–Crippen LogP) is 3.66. The van der Waals surface area contributed by atoms with Crippen molar-refractivity contribution in [1.82, 2.24) is 0 Å². The Morgan fingerprint density at radius 3 is 2.69 bits per heavy atom. The SMILES string of the molecule is Cc1c(C(=O)OCC(=O)N2c3ccccc3NC(=O)C[C@@H]2C)oc2ccccc12. The summed E-state index contributed by atoms with van der Waals surface area (Å²) in [5.74, 6) is -1.20. The fraction of sp³-hybridized carbons (Fsp3) is 0.227. The molecular weight excluding hydrogens is 372 g/mol. The highest BCUT2D eigenvalue weighted by molar-refractivity contribution is 6.05. The van der Waals surface area contributed by atoms with Crippen LogP contribution in [0.1, 0.15) is 29.5 Å². The molecule has 29 heavy (non-hydrogen) atoms. The third-order valence-electron chi connectivity index (χ3n) is 4.98. The molecule has 1 aromatic heterocycles. The monoisotopic (exact) mass is 392 g/mol. The van der Waals surface area contributed by atoms with Gasteiger partial charge in [-0.15, -0.1) is 0 Å². The van der Waals surface area contributed by atoms with E-state index in [1.807, 2.05) is 18.2 Å². The number of amides is 2. The molecule has 0 saturated carbocycles. The lowest BCUT2D eigenvalue weighted by Gasteiger charge is -2.27. The van der Waals surface area contributed by atoms with Gasteiger partial charge in [0.15, 0.2) is 6.61 Å². The zero-order valence-corrected chi connectivity index (χ0v) is 16.1. The smallest absolute Gasteiger partial charge is 0.375 e. The molecule has 7 heteroatoms. The molecule has 0 aliphatic carbocycles. The zero-order valence-electron chi connectivity index (χ0n) is 16.1. The molecule has 7 nitrogen and oxygen atoms in total. The van der Waals surface area contributed by atoms with E-state index >= 15 is 0 Å². The van der Waals surface area contributed by atoms with E-state index in [1.54, 1.807) is 44.2 Å². The minimum absolute atomic E-state index is 0.0835. The highest BCUT2D eigenvalue weighted by atomic mass is 16.5. The minimum Gasteiger partial charge on any atom is -0.450 e. The molecule has 0 bridgehead atoms. The Morgan fingerprint density at radius 2 is 1.90 bits per heavy atom. The van der Waals surface area contributed by atoms with Gasteiger partial charge in [0.2, 0.25) is 11.7 Å². The molecule has 0 saturated heterocycles. The average Bonchev–Trinajstić information content (AvgIpc) is 2.97. The molecule has 1 aliphatic heterocycles. The van der Waals surface area contributed by atoms with Crippen LogP contribution in [0, 0.1) is 6.92 Å². The second kappa shape index (κ2) is 7.43. The number of nitrogens with one attached hydrogen (secondary N) is 1. The Balaban J connectivity index is 1.54. The van der Waals surface area contributed by atoms with Crippen LogP contribution >= 0.6 is 0 Å². The molecule has 2 heterocycles. The van der Waals surface area contributed by atoms with Crippen LogP contribution in [-0.4, -0.2) is 30.4 Å². The second-order valence-electron chi connectivity index (χ2n) is 7.01. The number of para-hydroxylation sites is 3. The van der Waals surface area contributed by atoms with Gasteiger partial charge in [0.25, 0.3) is 5.91 Å². The molecule has 0 radical (unpaired) electrons. The number of nitrogens with zero attached hydrogens (tertiary/aromatic N) is 1. The van der Waals surface area contributed by atoms with Crippen molar-refractivity contribution in [3.63, 3.8) is 0 Å². The minimum atomic E-state index is -0.697. The number of esters is 1. The Bertz CT molecular complexity index is 1120. The number of furan rings is 1. The second-order valence-corrected chi connectivity index (χ2v) is 7.01. The van der Waals surface area contributed by atoms with Gasteiger partial charge in [0.05, 0.1) is 11.4 Å². The van der Waals surface area contributed by atoms with Gasteiger partial charge >= 0.3 is 5.97 Å². The van der Waals surface area contributed by atoms with Crippen molar-refractivity contribution in [2.24, 2.45) is 0 Å². The quantitative estimate of drug-likeness (QED) is 0.687. The van der Waals surface area contributed by atoms with E-state index in [1.165, 1.54) is 4.90 Å². The number of ether oxygens (including phenoxy) is 1. The Morgan fingerprint density at radius 1 is 1.17 bits per heavy atom. The molecule has 4 rings (SSSR count). The van der Waals surface area contributed by atoms with Gasteiger partial charge in [-0.25, -0.2) is 4.79 Å². The standard InChI is InChI=1S/C22H20N2O5/c1-13-11-19(25)23-16-8-4-5-9-17(16)24(13)20(26)12-28-22(27)21-14(2)15-7-3-6-10-18(15)29-21/h3-10,13H,11-12H2,1-2H3,(H,23,25)/t13-/m0/s1. The number of benzene rings is 2. The first-order valence-electron chi connectivity index (χ1n) is 9.32. The van der Waals surface area contributed by atoms with Crippen molar-refractivity contribution >= 4 is 40.1 Å². The van der Waals surface area contributed by atoms with E-state index < -0.39 is 18.5 Å². The first kappa shape index (κ1) is 18.7. The number of anilines is 2. The molecule has 0 unspecified atom stereocenters. The molecule has 1 aliphatic rings. The van der Waals surface area contributed by atoms with Crippen molar-refractivity contribution in [3.05, 3.63) is 59.9 Å². The van der Waals surface area contributed by atoms with Gasteiger partial charge in [-0.05, 0) is 32.0 Å². The molecule has 1 N–H and O–H groups in total. The van der Waals surface area contributed by atoms with Crippen LogP contribution in [-0.2, 0) is 14.3 Å². The number of rotatable bonds is 3. The van der Waals surface area contributed by atoms with E-state index in [0.717, 1.165) is 5.39 Å². The topological polar surface area (TPSA) is 88.9 Å². The lowest BCUT2D eigenvalue weighted by molar-refractivity contribution is -0.122. The lowest BCUT2D eigenvalue weighted by Crippen LogP contribution is -2.41. The zero-order chi connectivity index (χ0) is 20.5. The number of hydrogen-bond acceptors (Lipinski definition) is 5. The third kappa shape index (κ3) is 3.47. The Kier molecular flexibility index (Phi) is 4.80. The number of hydrogen-bond donors (Lipinski definition) is 1. The maximum absolute atomic E-state index is 12.9. The average molecular weight is 392 g/mol. The largest absolute Gasteiger partial charge is 0.450 e. The van der Waals surface area contributed by atoms with Gasteiger partial charge in [-0.1, -0.05) is 30.3 Å². The Labute approximate surface area is 167 Å². The molecule has 148 valence electrons. The number of aryl methyl sites for hydroxylation is 1. The van der Waals surface area contributed by atoms with Gasteiger partial charge in [0, 0.05) is 23.4 Å². The van der Waals surface area contributed by atoms with E-state index in [4.69, 9.17) is 9.15 Å². The highest BCUT2D eigenvalue weighted by Gasteiger charge is 2.30. The fourth-order valence-corrected chi connectivity index (χ4v) is 3.60. The van der Waals surface area contributed by atoms with Crippen molar-refractivity contribution in [1.29, 1.82) is 0 Å². The molecule has 2 aromatic carbocycles. The molecular formula is C22H20N2O5. The van der Waals surface area contributed by atoms with Crippen LogP contribution in [0.25, 0.3) is 11.0 Å². The number of carbonyl (C=O) groups is 3. The number of carbonyl (C=O) groups excluding carboxylic acids is 3. The van der Waals surface area contributed by atoms with Gasteiger partial charge in [-0.3, -0.25) is 9.59 Å². The van der Waals surface area contributed by atoms with Gasteiger partial charge in [0.1, 0.15) is 5.58 Å². The summed E-state index contributed by atoms with van der Waals surface area (Å²) < 4.78 is 10.9. The lowest BCUT2D eigenvalue weighted by atomic mass is 10.1. The predicted molar refractivity (Wildman–Crippen MR) is 108 cm³/mol. The van der Waals surface area contributed by atoms with E-state index in [2.05, 4.69) is 5.32 Å². The summed E-state index contributed by atoms with van der Waals surface area (Å²) in [6.07, 6.45) is 0.150. The summed E-state index contributed by atoms with van der Waals surface area (Å²) in [5.41, 5.74) is 2.38. The van der Waals surface area contributed by atoms with Crippen LogP contribution in [0.5, 0.6) is 0 Å². The van der Waals surface area contributed by atoms with Gasteiger partial charge < -0.3 is 19.4 Å². The van der Waals surface area contributed by atoms with Crippen molar-refractivity contribution in [3.8, 4) is 0 Å². The summed E-state index contributed by atoms with van der Waals surface area (Å²) in [4.78, 5) is 39.0. The van der Waals surface area contributed by atoms with Crippen LogP contribution in [0.2, 0.25) is 0 Å². The van der Waals surface area contributed by atoms with Gasteiger partial charge in [-0.2, -0.15) is 0 Å². The van der Waals surface area contributed by atoms with E-state index in [0.29, 0.717) is 22.5 Å². The van der Waals surface area contributed by atoms with Crippen molar-refractivity contribution < 1.29 is 23.5 Å². The summed E-state index contributed by atoms with van der Waals surface area (Å²) in [6.45, 7) is 3.10. The number of fused-ring (bicyclic) bond motifs is 2. The Hall–Kier alpha value is -3.61. The fourth-order valence-electron chi connectivity index (χ4n) is 3.60. The highest BCUT2D eigenvalue weighted by Crippen LogP contribution is 2.31. The summed E-state index contributed by atoms with van der Waals surface area (Å²) in [6, 6.07) is 14.0. The molecule has 1 atom stereocenters. The van der Waals surface area contributed by atoms with Crippen LogP contribution in [0.4, 0.5) is 11.4 Å². The van der Waals surface area contributed by atoms with Crippen LogP contribution in [0.15, 0.2) is 52.9 Å². The normalized spacial score (nSPS) is 16.1. The van der Waals surface area contributed by atoms with Crippen molar-refractivity contribution in [2.45, 2.75) is 26.3 Å². The first-order valence-corrected chi connectivity index (χ1v) is 9.32. The molecule has 3 aromatic rings. The van der Waals surface area contributed by atoms with E-state index in [9.17, 15) is 14.4 Å². The maximum Gasteiger partial charge on any atom is 0.375 e. The molecule has 2 amide bonds. The van der Waals surface area contributed by atoms with Crippen LogP contribution < -0.4 is 10.2 Å². The summed E-state index contributed by atoms with van der Waals surface area (Å²) in [7, 11) is 0. The third-order valence-corrected chi connectivity index (χ3v) is 4.98. The first-order chi connectivity index (χ1) is 14.0. The maximum atomic E-state index is 12.9. The summed E-state index contributed by atoms with van der Waals surface area (Å²) >= 11 is 0. The van der Waals surface area contributed by atoms with Crippen molar-refractivity contribution in [2.75, 3.05) is 16.8 Å². The van der Waals surface area contributed by atoms with Crippen LogP contribution in [0.3, 0.4) is 0 Å². The van der Waals surface area contributed by atoms with E-state index in [-0.39, 0.29) is 24.1 Å².